The van der Waals surface area contributed by atoms with Crippen molar-refractivity contribution in [1.82, 2.24) is 4.90 Å². The van der Waals surface area contributed by atoms with E-state index < -0.39 is 41.6 Å². The Morgan fingerprint density at radius 3 is 2.42 bits per heavy atom. The van der Waals surface area contributed by atoms with E-state index in [1.54, 1.807) is 19.1 Å². The zero-order valence-electron chi connectivity index (χ0n) is 18.0. The number of nitrogens with zero attached hydrogens (tertiary/aromatic N) is 1. The highest BCUT2D eigenvalue weighted by Gasteiger charge is 2.58. The molecule has 1 saturated heterocycles. The molecule has 168 valence electrons. The molecule has 0 bridgehead atoms. The summed E-state index contributed by atoms with van der Waals surface area (Å²) in [5.41, 5.74) is 2.55. The monoisotopic (exact) mass is 447 g/mol. The zero-order chi connectivity index (χ0) is 23.6. The van der Waals surface area contributed by atoms with Gasteiger partial charge < -0.3 is 9.84 Å². The molecular weight excluding hydrogens is 426 g/mol. The SMILES string of the molecule is COC(=O)N1C(=O)[C@H]2[C@H](CC=C3[C@H](c4ccc(O)cc4)C4=C(C[C@H]32)C(=O)C=C(C)C4=O)C1=O. The summed E-state index contributed by atoms with van der Waals surface area (Å²) >= 11 is 0. The molecule has 33 heavy (non-hydrogen) atoms. The molecule has 3 amide bonds. The molecule has 0 saturated carbocycles. The lowest BCUT2D eigenvalue weighted by Gasteiger charge is -2.42. The second kappa shape index (κ2) is 7.37. The number of carbonyl (C=O) groups excluding carboxylic acids is 5. The predicted molar refractivity (Wildman–Crippen MR) is 114 cm³/mol. The number of carbonyl (C=O) groups is 5. The maximum atomic E-state index is 13.2. The molecule has 1 N–H and O–H groups in total. The van der Waals surface area contributed by atoms with Crippen LogP contribution in [0.2, 0.25) is 0 Å². The Morgan fingerprint density at radius 1 is 1.06 bits per heavy atom. The minimum Gasteiger partial charge on any atom is -0.508 e. The van der Waals surface area contributed by atoms with Crippen LogP contribution < -0.4 is 0 Å². The van der Waals surface area contributed by atoms with Gasteiger partial charge in [-0.1, -0.05) is 23.8 Å². The van der Waals surface area contributed by atoms with Gasteiger partial charge in [-0.05, 0) is 49.5 Å². The van der Waals surface area contributed by atoms with Crippen molar-refractivity contribution in [3.05, 3.63) is 64.3 Å². The Bertz CT molecular complexity index is 1230. The standard InChI is InChI=1S/C25H21NO7/c1-11-9-18(28)17-10-16-14(19(21(17)22(11)29)12-3-5-13(27)6-4-12)7-8-15-20(16)24(31)26(23(15)30)25(32)33-2/h3-7,9,15-16,19-20,27H,8,10H2,1-2H3/t15-,16+,19-,20-/m0/s1. The van der Waals surface area contributed by atoms with Crippen LogP contribution in [0.3, 0.4) is 0 Å². The number of allylic oxidation sites excluding steroid dienone is 6. The second-order valence-corrected chi connectivity index (χ2v) is 8.80. The fraction of sp³-hybridized carbons (Fsp3) is 0.320. The van der Waals surface area contributed by atoms with Crippen LogP contribution in [-0.2, 0) is 23.9 Å². The predicted octanol–water partition coefficient (Wildman–Crippen LogP) is 2.59. The molecule has 4 aliphatic rings. The minimum atomic E-state index is -1.02. The Kier molecular flexibility index (Phi) is 4.70. The quantitative estimate of drug-likeness (QED) is 0.399. The van der Waals surface area contributed by atoms with Crippen LogP contribution in [0.25, 0.3) is 0 Å². The molecule has 1 heterocycles. The van der Waals surface area contributed by atoms with Crippen molar-refractivity contribution < 1.29 is 33.8 Å². The molecule has 1 aliphatic heterocycles. The number of benzene rings is 1. The molecule has 1 aromatic rings. The number of methoxy groups -OCH3 is 1. The summed E-state index contributed by atoms with van der Waals surface area (Å²) in [7, 11) is 1.11. The molecule has 1 aromatic carbocycles. The first-order valence-electron chi connectivity index (χ1n) is 10.7. The van der Waals surface area contributed by atoms with Crippen molar-refractivity contribution in [3.63, 3.8) is 0 Å². The van der Waals surface area contributed by atoms with Gasteiger partial charge in [-0.2, -0.15) is 4.90 Å². The summed E-state index contributed by atoms with van der Waals surface area (Å²) in [6.07, 6.45) is 2.54. The highest BCUT2D eigenvalue weighted by atomic mass is 16.5. The van der Waals surface area contributed by atoms with E-state index in [1.807, 2.05) is 6.08 Å². The van der Waals surface area contributed by atoms with Crippen LogP contribution in [0.15, 0.2) is 58.7 Å². The third-order valence-corrected chi connectivity index (χ3v) is 7.15. The number of ketones is 2. The van der Waals surface area contributed by atoms with E-state index in [1.165, 1.54) is 18.2 Å². The van der Waals surface area contributed by atoms with E-state index in [-0.39, 0.29) is 30.2 Å². The lowest BCUT2D eigenvalue weighted by atomic mass is 9.59. The van der Waals surface area contributed by atoms with Crippen molar-refractivity contribution in [2.45, 2.75) is 25.7 Å². The molecule has 8 heteroatoms. The Morgan fingerprint density at radius 2 is 1.76 bits per heavy atom. The number of hydrogen-bond acceptors (Lipinski definition) is 7. The number of imide groups is 3. The van der Waals surface area contributed by atoms with E-state index in [2.05, 4.69) is 4.74 Å². The highest BCUT2D eigenvalue weighted by molar-refractivity contribution is 6.24. The first kappa shape index (κ1) is 21.1. The summed E-state index contributed by atoms with van der Waals surface area (Å²) in [5.74, 6) is -4.34. The van der Waals surface area contributed by atoms with Crippen molar-refractivity contribution >= 4 is 29.5 Å². The van der Waals surface area contributed by atoms with E-state index in [0.717, 1.165) is 12.7 Å². The lowest BCUT2D eigenvalue weighted by molar-refractivity contribution is -0.137. The van der Waals surface area contributed by atoms with E-state index >= 15 is 0 Å². The first-order valence-corrected chi connectivity index (χ1v) is 10.7. The fourth-order valence-electron chi connectivity index (χ4n) is 5.68. The van der Waals surface area contributed by atoms with Crippen LogP contribution in [0.5, 0.6) is 5.75 Å². The topological polar surface area (TPSA) is 118 Å². The Balaban J connectivity index is 1.67. The van der Waals surface area contributed by atoms with Gasteiger partial charge in [0.2, 0.25) is 11.8 Å². The van der Waals surface area contributed by atoms with Gasteiger partial charge in [0.1, 0.15) is 5.75 Å². The highest BCUT2D eigenvalue weighted by Crippen LogP contribution is 2.55. The number of ether oxygens (including phenoxy) is 1. The number of phenolic OH excluding ortho intramolecular Hbond substituents is 1. The zero-order valence-corrected chi connectivity index (χ0v) is 18.0. The third-order valence-electron chi connectivity index (χ3n) is 7.15. The first-order chi connectivity index (χ1) is 15.7. The molecule has 3 aliphatic carbocycles. The number of rotatable bonds is 1. The van der Waals surface area contributed by atoms with Gasteiger partial charge in [0.05, 0.1) is 18.9 Å². The number of Topliss-reactive ketones (excluding diaryl/α,β-unsaturated/α-hetero) is 1. The maximum absolute atomic E-state index is 13.2. The number of hydrogen-bond donors (Lipinski definition) is 1. The van der Waals surface area contributed by atoms with E-state index in [4.69, 9.17) is 0 Å². The summed E-state index contributed by atoms with van der Waals surface area (Å²) in [4.78, 5) is 64.9. The van der Waals surface area contributed by atoms with Gasteiger partial charge in [-0.15, -0.1) is 0 Å². The Labute approximate surface area is 189 Å². The fourth-order valence-corrected chi connectivity index (χ4v) is 5.68. The smallest absolute Gasteiger partial charge is 0.423 e. The number of fused-ring (bicyclic) bond motifs is 3. The minimum absolute atomic E-state index is 0.0606. The van der Waals surface area contributed by atoms with Gasteiger partial charge in [-0.3, -0.25) is 19.2 Å². The number of phenols is 1. The van der Waals surface area contributed by atoms with Gasteiger partial charge in [0.15, 0.2) is 11.6 Å². The third kappa shape index (κ3) is 2.93. The van der Waals surface area contributed by atoms with Crippen molar-refractivity contribution in [1.29, 1.82) is 0 Å². The van der Waals surface area contributed by atoms with Crippen LogP contribution in [0, 0.1) is 17.8 Å². The average molecular weight is 447 g/mol. The molecule has 0 aromatic heterocycles. The van der Waals surface area contributed by atoms with Crippen LogP contribution in [-0.4, -0.2) is 46.6 Å². The molecular formula is C25H21NO7. The normalized spacial score (nSPS) is 28.7. The molecule has 0 spiro atoms. The lowest BCUT2D eigenvalue weighted by Crippen LogP contribution is -2.40. The summed E-state index contributed by atoms with van der Waals surface area (Å²) < 4.78 is 4.64. The summed E-state index contributed by atoms with van der Waals surface area (Å²) in [6, 6.07) is 6.39. The van der Waals surface area contributed by atoms with Crippen LogP contribution in [0.1, 0.15) is 31.2 Å². The van der Waals surface area contributed by atoms with Crippen molar-refractivity contribution in [2.75, 3.05) is 7.11 Å². The molecule has 1 fully saturated rings. The molecule has 4 atom stereocenters. The molecule has 5 rings (SSSR count). The van der Waals surface area contributed by atoms with Gasteiger partial charge in [0, 0.05) is 22.6 Å². The van der Waals surface area contributed by atoms with Gasteiger partial charge >= 0.3 is 6.09 Å². The van der Waals surface area contributed by atoms with Crippen LogP contribution in [0.4, 0.5) is 4.79 Å². The number of aromatic hydroxyl groups is 1. The Hall–Kier alpha value is -3.81. The molecule has 8 nitrogen and oxygen atoms in total. The maximum Gasteiger partial charge on any atom is 0.423 e. The second-order valence-electron chi connectivity index (χ2n) is 8.80. The molecule has 0 radical (unpaired) electrons. The number of amides is 3. The van der Waals surface area contributed by atoms with Crippen molar-refractivity contribution in [2.24, 2.45) is 17.8 Å². The van der Waals surface area contributed by atoms with Crippen LogP contribution >= 0.6 is 0 Å². The van der Waals surface area contributed by atoms with Crippen molar-refractivity contribution in [3.8, 4) is 5.75 Å². The van der Waals surface area contributed by atoms with E-state index in [0.29, 0.717) is 27.2 Å². The molecule has 0 unspecified atom stereocenters. The summed E-state index contributed by atoms with van der Waals surface area (Å²) in [5, 5.41) is 9.76. The van der Waals surface area contributed by atoms with Gasteiger partial charge in [0.25, 0.3) is 0 Å². The average Bonchev–Trinajstić information content (AvgIpc) is 3.06. The summed E-state index contributed by atoms with van der Waals surface area (Å²) in [6.45, 7) is 1.60. The van der Waals surface area contributed by atoms with Gasteiger partial charge in [-0.25, -0.2) is 4.79 Å². The van der Waals surface area contributed by atoms with E-state index in [9.17, 15) is 29.1 Å². The largest absolute Gasteiger partial charge is 0.508 e. The number of likely N-dealkylation sites (tertiary alicyclic amines) is 1.